The molecule has 0 aliphatic heterocycles. The van der Waals surface area contributed by atoms with Gasteiger partial charge in [0.2, 0.25) is 0 Å². The first kappa shape index (κ1) is 17.3. The first-order valence-electron chi connectivity index (χ1n) is 6.02. The molecule has 7 heteroatoms. The summed E-state index contributed by atoms with van der Waals surface area (Å²) in [7, 11) is 0. The number of aliphatic hydroxyl groups excluding tert-OH is 1. The van der Waals surface area contributed by atoms with Crippen molar-refractivity contribution in [2.45, 2.75) is 30.9 Å². The fourth-order valence-corrected chi connectivity index (χ4v) is 2.38. The Morgan fingerprint density at radius 2 is 2.00 bits per heavy atom. The van der Waals surface area contributed by atoms with E-state index in [2.05, 4.69) is 5.32 Å². The van der Waals surface area contributed by atoms with Crippen LogP contribution in [0.2, 0.25) is 0 Å². The second kappa shape index (κ2) is 7.28. The largest absolute Gasteiger partial charge is 0.416 e. The summed E-state index contributed by atoms with van der Waals surface area (Å²) in [5, 5.41) is 12.0. The van der Waals surface area contributed by atoms with Crippen molar-refractivity contribution in [1.82, 2.24) is 5.32 Å². The fraction of sp³-hybridized carbons (Fsp3) is 0.538. The van der Waals surface area contributed by atoms with Gasteiger partial charge < -0.3 is 10.4 Å². The van der Waals surface area contributed by atoms with Crippen molar-refractivity contribution in [3.05, 3.63) is 35.1 Å². The monoisotopic (exact) mass is 311 g/mol. The molecule has 0 aliphatic carbocycles. The number of hydrogen-bond donors (Lipinski definition) is 2. The molecule has 20 heavy (non-hydrogen) atoms. The molecule has 0 spiro atoms. The average molecular weight is 311 g/mol. The van der Waals surface area contributed by atoms with Gasteiger partial charge in [-0.2, -0.15) is 24.9 Å². The highest BCUT2D eigenvalue weighted by atomic mass is 32.2. The van der Waals surface area contributed by atoms with Crippen molar-refractivity contribution in [2.24, 2.45) is 0 Å². The van der Waals surface area contributed by atoms with E-state index in [0.29, 0.717) is 0 Å². The Morgan fingerprint density at radius 1 is 1.35 bits per heavy atom. The summed E-state index contributed by atoms with van der Waals surface area (Å²) in [6, 6.07) is 2.20. The third-order valence-corrected chi connectivity index (χ3v) is 4.19. The second-order valence-corrected chi connectivity index (χ2v) is 5.51. The molecule has 2 N–H and O–H groups in total. The van der Waals surface area contributed by atoms with E-state index in [0.717, 1.165) is 18.2 Å². The zero-order valence-corrected chi connectivity index (χ0v) is 12.0. The molecule has 1 rings (SSSR count). The Kier molecular flexibility index (Phi) is 6.29. The van der Waals surface area contributed by atoms with Gasteiger partial charge >= 0.3 is 6.18 Å². The Balaban J connectivity index is 2.77. The van der Waals surface area contributed by atoms with E-state index in [1.165, 1.54) is 11.8 Å². The van der Waals surface area contributed by atoms with Gasteiger partial charge in [0.1, 0.15) is 5.82 Å². The molecule has 2 atom stereocenters. The molecular weight excluding hydrogens is 294 g/mol. The van der Waals surface area contributed by atoms with E-state index < -0.39 is 17.6 Å². The topological polar surface area (TPSA) is 32.3 Å². The van der Waals surface area contributed by atoms with Crippen LogP contribution in [-0.4, -0.2) is 29.3 Å². The molecule has 0 saturated heterocycles. The number of thioether (sulfide) groups is 1. The molecule has 0 fully saturated rings. The van der Waals surface area contributed by atoms with E-state index in [1.54, 1.807) is 6.92 Å². The molecule has 114 valence electrons. The van der Waals surface area contributed by atoms with Crippen molar-refractivity contribution in [3.63, 3.8) is 0 Å². The Bertz CT molecular complexity index is 435. The van der Waals surface area contributed by atoms with Crippen LogP contribution in [0.3, 0.4) is 0 Å². The summed E-state index contributed by atoms with van der Waals surface area (Å²) in [5.41, 5.74) is -0.906. The maximum absolute atomic E-state index is 13.5. The van der Waals surface area contributed by atoms with Crippen LogP contribution in [0.5, 0.6) is 0 Å². The van der Waals surface area contributed by atoms with Crippen LogP contribution < -0.4 is 5.32 Å². The van der Waals surface area contributed by atoms with E-state index in [4.69, 9.17) is 5.11 Å². The Hall–Kier alpha value is -0.790. The minimum atomic E-state index is -4.49. The zero-order valence-electron chi connectivity index (χ0n) is 11.2. The maximum atomic E-state index is 13.5. The molecule has 0 amide bonds. The number of hydrogen-bond acceptors (Lipinski definition) is 3. The summed E-state index contributed by atoms with van der Waals surface area (Å²) < 4.78 is 51.2. The van der Waals surface area contributed by atoms with Gasteiger partial charge in [0.15, 0.2) is 0 Å². The van der Waals surface area contributed by atoms with Crippen molar-refractivity contribution in [2.75, 3.05) is 12.9 Å². The van der Waals surface area contributed by atoms with Gasteiger partial charge in [0.05, 0.1) is 12.2 Å². The van der Waals surface area contributed by atoms with Crippen molar-refractivity contribution in [3.8, 4) is 0 Å². The lowest BCUT2D eigenvalue weighted by Crippen LogP contribution is -2.37. The lowest BCUT2D eigenvalue weighted by Gasteiger charge is -2.21. The number of benzene rings is 1. The van der Waals surface area contributed by atoms with Crippen LogP contribution in [0, 0.1) is 5.82 Å². The highest BCUT2D eigenvalue weighted by Gasteiger charge is 2.31. The summed E-state index contributed by atoms with van der Waals surface area (Å²) in [4.78, 5) is 0. The number of halogens is 4. The predicted molar refractivity (Wildman–Crippen MR) is 72.1 cm³/mol. The second-order valence-electron chi connectivity index (χ2n) is 4.43. The van der Waals surface area contributed by atoms with Gasteiger partial charge in [0.25, 0.3) is 0 Å². The predicted octanol–water partition coefficient (Wildman–Crippen LogP) is 3.05. The van der Waals surface area contributed by atoms with Crippen LogP contribution >= 0.6 is 11.8 Å². The minimum Gasteiger partial charge on any atom is -0.395 e. The number of nitrogens with one attached hydrogen (secondary N) is 1. The van der Waals surface area contributed by atoms with Gasteiger partial charge in [0, 0.05) is 23.4 Å². The van der Waals surface area contributed by atoms with E-state index >= 15 is 0 Å². The molecule has 0 aliphatic rings. The minimum absolute atomic E-state index is 0.0199. The SMILES string of the molecule is CSC(CO)C(C)NCc1cc(C(F)(F)F)ccc1F. The van der Waals surface area contributed by atoms with Gasteiger partial charge in [-0.1, -0.05) is 0 Å². The number of rotatable bonds is 6. The van der Waals surface area contributed by atoms with Crippen LogP contribution in [-0.2, 0) is 12.7 Å². The lowest BCUT2D eigenvalue weighted by atomic mass is 10.1. The molecule has 1 aromatic rings. The molecule has 2 unspecified atom stereocenters. The lowest BCUT2D eigenvalue weighted by molar-refractivity contribution is -0.137. The first-order chi connectivity index (χ1) is 9.29. The standard InChI is InChI=1S/C13H17F4NOS/c1-8(12(7-19)20-2)18-6-9-5-10(13(15,16)17)3-4-11(9)14/h3-5,8,12,18-19H,6-7H2,1-2H3. The summed E-state index contributed by atoms with van der Waals surface area (Å²) >= 11 is 1.44. The van der Waals surface area contributed by atoms with E-state index in [-0.39, 0.29) is 30.0 Å². The van der Waals surface area contributed by atoms with Crippen LogP contribution in [0.25, 0.3) is 0 Å². The molecule has 1 aromatic carbocycles. The third kappa shape index (κ3) is 4.64. The normalized spacial score (nSPS) is 15.2. The molecular formula is C13H17F4NOS. The molecule has 2 nitrogen and oxygen atoms in total. The van der Waals surface area contributed by atoms with Crippen LogP contribution in [0.15, 0.2) is 18.2 Å². The maximum Gasteiger partial charge on any atom is 0.416 e. The van der Waals surface area contributed by atoms with Crippen molar-refractivity contribution >= 4 is 11.8 Å². The quantitative estimate of drug-likeness (QED) is 0.792. The summed E-state index contributed by atoms with van der Waals surface area (Å²) in [6.45, 7) is 1.72. The third-order valence-electron chi connectivity index (χ3n) is 3.03. The highest BCUT2D eigenvalue weighted by molar-refractivity contribution is 7.99. The van der Waals surface area contributed by atoms with Crippen LogP contribution in [0.4, 0.5) is 17.6 Å². The van der Waals surface area contributed by atoms with E-state index in [1.807, 2.05) is 6.26 Å². The molecule has 0 aromatic heterocycles. The van der Waals surface area contributed by atoms with E-state index in [9.17, 15) is 17.6 Å². The average Bonchev–Trinajstić information content (AvgIpc) is 2.37. The van der Waals surface area contributed by atoms with Gasteiger partial charge in [-0.05, 0) is 31.4 Å². The Morgan fingerprint density at radius 3 is 2.50 bits per heavy atom. The van der Waals surface area contributed by atoms with Crippen LogP contribution in [0.1, 0.15) is 18.1 Å². The van der Waals surface area contributed by atoms with Gasteiger partial charge in [-0.3, -0.25) is 0 Å². The highest BCUT2D eigenvalue weighted by Crippen LogP contribution is 2.30. The molecule has 0 heterocycles. The van der Waals surface area contributed by atoms with Gasteiger partial charge in [-0.15, -0.1) is 0 Å². The smallest absolute Gasteiger partial charge is 0.395 e. The molecule has 0 radical (unpaired) electrons. The first-order valence-corrected chi connectivity index (χ1v) is 7.31. The van der Waals surface area contributed by atoms with Crippen molar-refractivity contribution in [1.29, 1.82) is 0 Å². The number of aliphatic hydroxyl groups is 1. The fourth-order valence-electron chi connectivity index (χ4n) is 1.73. The zero-order chi connectivity index (χ0) is 15.3. The number of alkyl halides is 3. The summed E-state index contributed by atoms with van der Waals surface area (Å²) in [6.07, 6.45) is -2.66. The molecule has 0 saturated carbocycles. The van der Waals surface area contributed by atoms with Crippen molar-refractivity contribution < 1.29 is 22.7 Å². The Labute approximate surface area is 119 Å². The van der Waals surface area contributed by atoms with Gasteiger partial charge in [-0.25, -0.2) is 4.39 Å². The molecule has 0 bridgehead atoms. The summed E-state index contributed by atoms with van der Waals surface area (Å²) in [5.74, 6) is -0.678.